The van der Waals surface area contributed by atoms with Gasteiger partial charge >= 0.3 is 0 Å². The highest BCUT2D eigenvalue weighted by molar-refractivity contribution is 6.01. The largest absolute Gasteiger partial charge is 0.364 e. The smallest absolute Gasteiger partial charge is 0.257 e. The zero-order valence-electron chi connectivity index (χ0n) is 16.9. The molecule has 6 nitrogen and oxygen atoms in total. The van der Waals surface area contributed by atoms with Crippen LogP contribution in [0.4, 0.5) is 5.69 Å². The van der Waals surface area contributed by atoms with Gasteiger partial charge in [0.05, 0.1) is 11.6 Å². The van der Waals surface area contributed by atoms with Gasteiger partial charge in [0.15, 0.2) is 0 Å². The zero-order chi connectivity index (χ0) is 20.5. The van der Waals surface area contributed by atoms with Gasteiger partial charge in [0, 0.05) is 37.1 Å². The number of hydrogen-bond acceptors (Lipinski definition) is 5. The van der Waals surface area contributed by atoms with E-state index in [1.54, 1.807) is 6.20 Å². The highest BCUT2D eigenvalue weighted by atomic mass is 16.2. The molecule has 1 fully saturated rings. The maximum Gasteiger partial charge on any atom is 0.257 e. The molecule has 152 valence electrons. The molecule has 30 heavy (non-hydrogen) atoms. The number of para-hydroxylation sites is 1. The number of rotatable bonds is 4. The normalized spacial score (nSPS) is 23.2. The summed E-state index contributed by atoms with van der Waals surface area (Å²) in [7, 11) is 0. The minimum atomic E-state index is -0.151. The molecule has 3 atom stereocenters. The highest BCUT2D eigenvalue weighted by Gasteiger charge is 2.42. The van der Waals surface area contributed by atoms with E-state index in [-0.39, 0.29) is 24.0 Å². The maximum absolute atomic E-state index is 13.5. The van der Waals surface area contributed by atoms with Gasteiger partial charge in [-0.1, -0.05) is 48.0 Å². The van der Waals surface area contributed by atoms with Gasteiger partial charge < -0.3 is 10.2 Å². The third-order valence-electron chi connectivity index (χ3n) is 6.00. The molecule has 0 aliphatic carbocycles. The molecule has 3 N–H and O–H groups in total. The molecule has 5 rings (SSSR count). The van der Waals surface area contributed by atoms with Gasteiger partial charge in [0.25, 0.3) is 5.91 Å². The zero-order valence-corrected chi connectivity index (χ0v) is 16.9. The van der Waals surface area contributed by atoms with E-state index in [0.717, 1.165) is 28.9 Å². The van der Waals surface area contributed by atoms with Gasteiger partial charge in [-0.25, -0.2) is 5.43 Å². The fourth-order valence-electron chi connectivity index (χ4n) is 4.41. The minimum absolute atomic E-state index is 0.0507. The van der Waals surface area contributed by atoms with Crippen LogP contribution in [0.3, 0.4) is 0 Å². The van der Waals surface area contributed by atoms with Crippen molar-refractivity contribution in [3.63, 3.8) is 0 Å². The number of carbonyl (C=O) groups excluding carboxylic acids is 1. The van der Waals surface area contributed by atoms with Crippen molar-refractivity contribution >= 4 is 11.6 Å². The number of hydrazine groups is 1. The van der Waals surface area contributed by atoms with E-state index in [9.17, 15) is 4.79 Å². The number of amides is 1. The van der Waals surface area contributed by atoms with Crippen LogP contribution in [0.2, 0.25) is 0 Å². The Kier molecular flexibility index (Phi) is 4.94. The lowest BCUT2D eigenvalue weighted by Gasteiger charge is -2.42. The van der Waals surface area contributed by atoms with Crippen LogP contribution >= 0.6 is 0 Å². The Morgan fingerprint density at radius 3 is 2.70 bits per heavy atom. The number of nitrogens with zero attached hydrogens (tertiary/aromatic N) is 2. The molecule has 3 aromatic rings. The first-order valence-electron chi connectivity index (χ1n) is 10.3. The molecule has 0 saturated carbocycles. The van der Waals surface area contributed by atoms with Crippen molar-refractivity contribution in [1.82, 2.24) is 20.7 Å². The summed E-state index contributed by atoms with van der Waals surface area (Å²) < 4.78 is 0. The van der Waals surface area contributed by atoms with Crippen molar-refractivity contribution in [2.24, 2.45) is 5.92 Å². The first-order chi connectivity index (χ1) is 14.7. The number of fused-ring (bicyclic) bond motifs is 1. The molecule has 3 heterocycles. The molecule has 2 aliphatic heterocycles. The molecular formula is C24H25N5O. The predicted octanol–water partition coefficient (Wildman–Crippen LogP) is 3.25. The first-order valence-corrected chi connectivity index (χ1v) is 10.3. The Bertz CT molecular complexity index is 1040. The van der Waals surface area contributed by atoms with E-state index >= 15 is 0 Å². The summed E-state index contributed by atoms with van der Waals surface area (Å²) in [5.41, 5.74) is 11.7. The lowest BCUT2D eigenvalue weighted by atomic mass is 9.90. The van der Waals surface area contributed by atoms with Crippen LogP contribution in [0.15, 0.2) is 73.1 Å². The summed E-state index contributed by atoms with van der Waals surface area (Å²) in [6, 6.07) is 20.2. The number of hydrogen-bond donors (Lipinski definition) is 3. The number of benzene rings is 2. The van der Waals surface area contributed by atoms with Gasteiger partial charge in [-0.05, 0) is 36.2 Å². The standard InChI is InChI=1S/C24H25N5O/c1-16-8-10-17(11-9-16)15-29-23(27-21-7-3-2-6-19(21)24(29)30)20-14-26-28-22(20)18-5-4-12-25-13-18/h2-13,20,22-23,26-28H,14-15H2,1H3. The summed E-state index contributed by atoms with van der Waals surface area (Å²) in [4.78, 5) is 19.8. The third-order valence-corrected chi connectivity index (χ3v) is 6.00. The average Bonchev–Trinajstić information content (AvgIpc) is 3.27. The van der Waals surface area contributed by atoms with Crippen molar-refractivity contribution in [2.45, 2.75) is 25.7 Å². The Morgan fingerprint density at radius 2 is 1.90 bits per heavy atom. The van der Waals surface area contributed by atoms with Crippen molar-refractivity contribution in [3.8, 4) is 0 Å². The van der Waals surface area contributed by atoms with Crippen molar-refractivity contribution in [3.05, 3.63) is 95.3 Å². The summed E-state index contributed by atoms with van der Waals surface area (Å²) in [6.07, 6.45) is 3.52. The molecule has 1 aromatic heterocycles. The first kappa shape index (κ1) is 18.8. The fourth-order valence-corrected chi connectivity index (χ4v) is 4.41. The van der Waals surface area contributed by atoms with E-state index in [1.165, 1.54) is 5.56 Å². The topological polar surface area (TPSA) is 69.3 Å². The van der Waals surface area contributed by atoms with Crippen LogP contribution in [0, 0.1) is 12.8 Å². The molecule has 0 radical (unpaired) electrons. The number of aromatic nitrogens is 1. The molecule has 1 saturated heterocycles. The van der Waals surface area contributed by atoms with Crippen LogP contribution in [-0.2, 0) is 6.54 Å². The fraction of sp³-hybridized carbons (Fsp3) is 0.250. The van der Waals surface area contributed by atoms with Crippen LogP contribution in [0.5, 0.6) is 0 Å². The lowest BCUT2D eigenvalue weighted by molar-refractivity contribution is 0.0598. The van der Waals surface area contributed by atoms with Crippen molar-refractivity contribution < 1.29 is 4.79 Å². The van der Waals surface area contributed by atoms with Gasteiger partial charge in [-0.3, -0.25) is 15.2 Å². The Morgan fingerprint density at radius 1 is 1.07 bits per heavy atom. The minimum Gasteiger partial charge on any atom is -0.364 e. The molecule has 0 spiro atoms. The summed E-state index contributed by atoms with van der Waals surface area (Å²) in [6.45, 7) is 3.38. The SMILES string of the molecule is Cc1ccc(CN2C(=O)c3ccccc3NC2C2CNNC2c2cccnc2)cc1. The second-order valence-electron chi connectivity index (χ2n) is 8.01. The Balaban J connectivity index is 1.51. The van der Waals surface area contributed by atoms with E-state index < -0.39 is 0 Å². The van der Waals surface area contributed by atoms with Crippen molar-refractivity contribution in [2.75, 3.05) is 11.9 Å². The molecule has 0 bridgehead atoms. The molecule has 2 aliphatic rings. The maximum atomic E-state index is 13.5. The number of carbonyl (C=O) groups is 1. The monoisotopic (exact) mass is 399 g/mol. The quantitative estimate of drug-likeness (QED) is 0.628. The predicted molar refractivity (Wildman–Crippen MR) is 117 cm³/mol. The van der Waals surface area contributed by atoms with E-state index in [1.807, 2.05) is 41.4 Å². The number of aryl methyl sites for hydroxylation is 1. The van der Waals surface area contributed by atoms with Crippen LogP contribution in [-0.4, -0.2) is 28.5 Å². The van der Waals surface area contributed by atoms with Gasteiger partial charge in [-0.2, -0.15) is 0 Å². The second-order valence-corrected chi connectivity index (χ2v) is 8.01. The Labute approximate surface area is 176 Å². The van der Waals surface area contributed by atoms with E-state index in [2.05, 4.69) is 58.4 Å². The molecule has 2 aromatic carbocycles. The molecule has 1 amide bonds. The number of anilines is 1. The molecule has 6 heteroatoms. The van der Waals surface area contributed by atoms with Crippen LogP contribution in [0.25, 0.3) is 0 Å². The van der Waals surface area contributed by atoms with Gasteiger partial charge in [0.1, 0.15) is 6.17 Å². The second kappa shape index (κ2) is 7.89. The molecular weight excluding hydrogens is 374 g/mol. The van der Waals surface area contributed by atoms with Crippen LogP contribution in [0.1, 0.15) is 33.1 Å². The van der Waals surface area contributed by atoms with Gasteiger partial charge in [-0.15, -0.1) is 0 Å². The lowest BCUT2D eigenvalue weighted by Crippen LogP contribution is -2.53. The summed E-state index contributed by atoms with van der Waals surface area (Å²) >= 11 is 0. The average molecular weight is 399 g/mol. The van der Waals surface area contributed by atoms with Gasteiger partial charge in [0.2, 0.25) is 0 Å². The van der Waals surface area contributed by atoms with Crippen molar-refractivity contribution in [1.29, 1.82) is 0 Å². The van der Waals surface area contributed by atoms with E-state index in [0.29, 0.717) is 6.54 Å². The summed E-state index contributed by atoms with van der Waals surface area (Å²) in [5, 5.41) is 3.66. The molecule has 3 unspecified atom stereocenters. The van der Waals surface area contributed by atoms with Crippen LogP contribution < -0.4 is 16.2 Å². The number of nitrogens with one attached hydrogen (secondary N) is 3. The Hall–Kier alpha value is -3.22. The summed E-state index contributed by atoms with van der Waals surface area (Å²) in [5.74, 6) is 0.198. The number of pyridine rings is 1. The third kappa shape index (κ3) is 3.44. The highest BCUT2D eigenvalue weighted by Crippen LogP contribution is 2.35. The van der Waals surface area contributed by atoms with E-state index in [4.69, 9.17) is 0 Å².